The van der Waals surface area contributed by atoms with Crippen LogP contribution in [0.2, 0.25) is 0 Å². The van der Waals surface area contributed by atoms with E-state index in [0.29, 0.717) is 11.3 Å². The third-order valence-corrected chi connectivity index (χ3v) is 4.94. The van der Waals surface area contributed by atoms with Gasteiger partial charge in [0.15, 0.2) is 0 Å². The SMILES string of the molecule is CC[C@@H](C)Oc1ccccc1/C=C1\C(=O)NC(=O)N(C2CCCC2)C1=O. The minimum absolute atomic E-state index is 0.0157. The molecule has 4 amide bonds. The molecule has 1 saturated heterocycles. The average molecular weight is 356 g/mol. The Kier molecular flexibility index (Phi) is 5.40. The van der Waals surface area contributed by atoms with Crippen molar-refractivity contribution in [2.75, 3.05) is 0 Å². The van der Waals surface area contributed by atoms with Gasteiger partial charge in [-0.3, -0.25) is 19.8 Å². The van der Waals surface area contributed by atoms with E-state index in [1.807, 2.05) is 32.0 Å². The maximum atomic E-state index is 12.9. The topological polar surface area (TPSA) is 75.7 Å². The summed E-state index contributed by atoms with van der Waals surface area (Å²) in [6.45, 7) is 3.98. The lowest BCUT2D eigenvalue weighted by Gasteiger charge is -2.31. The summed E-state index contributed by atoms with van der Waals surface area (Å²) in [4.78, 5) is 38.5. The third-order valence-electron chi connectivity index (χ3n) is 4.94. The van der Waals surface area contributed by atoms with Gasteiger partial charge in [-0.2, -0.15) is 0 Å². The molecule has 1 heterocycles. The van der Waals surface area contributed by atoms with Crippen LogP contribution in [0.4, 0.5) is 4.79 Å². The molecular formula is C20H24N2O4. The molecule has 0 unspecified atom stereocenters. The number of hydrogen-bond acceptors (Lipinski definition) is 4. The number of hydrogen-bond donors (Lipinski definition) is 1. The van der Waals surface area contributed by atoms with Gasteiger partial charge in [-0.15, -0.1) is 0 Å². The lowest BCUT2D eigenvalue weighted by atomic mass is 10.0. The van der Waals surface area contributed by atoms with E-state index in [9.17, 15) is 14.4 Å². The number of imide groups is 2. The molecule has 3 rings (SSSR count). The van der Waals surface area contributed by atoms with E-state index in [4.69, 9.17) is 4.74 Å². The van der Waals surface area contributed by atoms with Crippen molar-refractivity contribution < 1.29 is 19.1 Å². The van der Waals surface area contributed by atoms with Crippen LogP contribution in [0.3, 0.4) is 0 Å². The summed E-state index contributed by atoms with van der Waals surface area (Å²) in [6.07, 6.45) is 5.92. The highest BCUT2D eigenvalue weighted by molar-refractivity contribution is 6.31. The fourth-order valence-electron chi connectivity index (χ4n) is 3.33. The largest absolute Gasteiger partial charge is 0.490 e. The van der Waals surface area contributed by atoms with Crippen molar-refractivity contribution >= 4 is 23.9 Å². The quantitative estimate of drug-likeness (QED) is 0.649. The average Bonchev–Trinajstić information content (AvgIpc) is 3.13. The first kappa shape index (κ1) is 18.2. The molecule has 1 N–H and O–H groups in total. The molecule has 0 aromatic heterocycles. The second-order valence-electron chi connectivity index (χ2n) is 6.81. The van der Waals surface area contributed by atoms with Crippen molar-refractivity contribution in [3.8, 4) is 5.75 Å². The van der Waals surface area contributed by atoms with Gasteiger partial charge >= 0.3 is 6.03 Å². The zero-order valence-corrected chi connectivity index (χ0v) is 15.2. The number of carbonyl (C=O) groups excluding carboxylic acids is 3. The van der Waals surface area contributed by atoms with Gasteiger partial charge in [-0.05, 0) is 38.3 Å². The molecule has 0 bridgehead atoms. The molecule has 1 aromatic rings. The Labute approximate surface area is 153 Å². The number of benzene rings is 1. The van der Waals surface area contributed by atoms with Crippen LogP contribution in [0.1, 0.15) is 51.5 Å². The summed E-state index contributed by atoms with van der Waals surface area (Å²) >= 11 is 0. The van der Waals surface area contributed by atoms with Crippen LogP contribution in [0, 0.1) is 0 Å². The second-order valence-corrected chi connectivity index (χ2v) is 6.81. The highest BCUT2D eigenvalue weighted by Gasteiger charge is 2.40. The number of amides is 4. The Morgan fingerprint density at radius 3 is 2.62 bits per heavy atom. The lowest BCUT2D eigenvalue weighted by molar-refractivity contribution is -0.131. The number of nitrogens with one attached hydrogen (secondary N) is 1. The number of rotatable bonds is 5. The Bertz CT molecular complexity index is 750. The highest BCUT2D eigenvalue weighted by atomic mass is 16.5. The van der Waals surface area contributed by atoms with E-state index in [2.05, 4.69) is 5.32 Å². The fraction of sp³-hybridized carbons (Fsp3) is 0.450. The molecule has 0 radical (unpaired) electrons. The molecule has 1 aliphatic heterocycles. The van der Waals surface area contributed by atoms with E-state index in [1.165, 1.54) is 11.0 Å². The van der Waals surface area contributed by atoms with Crippen LogP contribution in [-0.4, -0.2) is 34.9 Å². The fourth-order valence-corrected chi connectivity index (χ4v) is 3.33. The Hall–Kier alpha value is -2.63. The summed E-state index contributed by atoms with van der Waals surface area (Å²) in [6, 6.07) is 6.52. The van der Waals surface area contributed by atoms with Crippen molar-refractivity contribution in [3.05, 3.63) is 35.4 Å². The Morgan fingerprint density at radius 2 is 1.92 bits per heavy atom. The van der Waals surface area contributed by atoms with Crippen LogP contribution in [0.25, 0.3) is 6.08 Å². The lowest BCUT2D eigenvalue weighted by Crippen LogP contribution is -2.57. The van der Waals surface area contributed by atoms with Crippen LogP contribution in [0.15, 0.2) is 29.8 Å². The van der Waals surface area contributed by atoms with Crippen LogP contribution in [0.5, 0.6) is 5.75 Å². The first-order chi connectivity index (χ1) is 12.5. The predicted molar refractivity (Wildman–Crippen MR) is 97.4 cm³/mol. The van der Waals surface area contributed by atoms with E-state index in [-0.39, 0.29) is 17.7 Å². The summed E-state index contributed by atoms with van der Waals surface area (Å²) < 4.78 is 5.89. The molecule has 6 heteroatoms. The summed E-state index contributed by atoms with van der Waals surface area (Å²) in [5, 5.41) is 2.30. The van der Waals surface area contributed by atoms with Gasteiger partial charge in [0.1, 0.15) is 11.3 Å². The molecule has 2 fully saturated rings. The second kappa shape index (κ2) is 7.72. The first-order valence-corrected chi connectivity index (χ1v) is 9.17. The molecular weight excluding hydrogens is 332 g/mol. The van der Waals surface area contributed by atoms with Crippen LogP contribution >= 0.6 is 0 Å². The number of para-hydroxylation sites is 1. The number of carbonyl (C=O) groups is 3. The van der Waals surface area contributed by atoms with Crippen LogP contribution in [-0.2, 0) is 9.59 Å². The van der Waals surface area contributed by atoms with E-state index in [0.717, 1.165) is 32.1 Å². The zero-order valence-electron chi connectivity index (χ0n) is 15.2. The van der Waals surface area contributed by atoms with Gasteiger partial charge in [-0.25, -0.2) is 4.79 Å². The summed E-state index contributed by atoms with van der Waals surface area (Å²) in [5.74, 6) is -0.573. The van der Waals surface area contributed by atoms with Gasteiger partial charge in [0.25, 0.3) is 11.8 Å². The highest BCUT2D eigenvalue weighted by Crippen LogP contribution is 2.28. The Morgan fingerprint density at radius 1 is 1.23 bits per heavy atom. The maximum Gasteiger partial charge on any atom is 0.331 e. The summed E-state index contributed by atoms with van der Waals surface area (Å²) in [5.41, 5.74) is 0.615. The molecule has 26 heavy (non-hydrogen) atoms. The van der Waals surface area contributed by atoms with Gasteiger partial charge in [0, 0.05) is 11.6 Å². The third kappa shape index (κ3) is 3.64. The number of nitrogens with zero attached hydrogens (tertiary/aromatic N) is 1. The van der Waals surface area contributed by atoms with Crippen molar-refractivity contribution in [2.24, 2.45) is 0 Å². The van der Waals surface area contributed by atoms with Crippen molar-refractivity contribution in [2.45, 2.75) is 58.1 Å². The number of urea groups is 1. The molecule has 0 spiro atoms. The van der Waals surface area contributed by atoms with Gasteiger partial charge in [0.05, 0.1) is 6.10 Å². The van der Waals surface area contributed by atoms with E-state index in [1.54, 1.807) is 6.07 Å². The van der Waals surface area contributed by atoms with Crippen LogP contribution < -0.4 is 10.1 Å². The zero-order chi connectivity index (χ0) is 18.7. The molecule has 1 aliphatic carbocycles. The molecule has 1 atom stereocenters. The number of ether oxygens (including phenoxy) is 1. The minimum atomic E-state index is -0.660. The molecule has 1 saturated carbocycles. The van der Waals surface area contributed by atoms with Crippen molar-refractivity contribution in [1.29, 1.82) is 0 Å². The van der Waals surface area contributed by atoms with Gasteiger partial charge in [-0.1, -0.05) is 38.0 Å². The standard InChI is InChI=1S/C20H24N2O4/c1-3-13(2)26-17-11-7-4-8-14(17)12-16-18(23)21-20(25)22(19(16)24)15-9-5-6-10-15/h4,7-8,11-13,15H,3,5-6,9-10H2,1-2H3,(H,21,23,25)/b16-12+/t13-/m1/s1. The monoisotopic (exact) mass is 356 g/mol. The Balaban J connectivity index is 1.93. The molecule has 6 nitrogen and oxygen atoms in total. The van der Waals surface area contributed by atoms with E-state index < -0.39 is 17.8 Å². The smallest absolute Gasteiger partial charge is 0.331 e. The normalized spacial score (nSPS) is 21.2. The van der Waals surface area contributed by atoms with Gasteiger partial charge < -0.3 is 4.74 Å². The first-order valence-electron chi connectivity index (χ1n) is 9.17. The maximum absolute atomic E-state index is 12.9. The van der Waals surface area contributed by atoms with E-state index >= 15 is 0 Å². The molecule has 138 valence electrons. The predicted octanol–water partition coefficient (Wildman–Crippen LogP) is 3.27. The molecule has 1 aromatic carbocycles. The van der Waals surface area contributed by atoms with Crippen molar-refractivity contribution in [3.63, 3.8) is 0 Å². The number of barbiturate groups is 1. The van der Waals surface area contributed by atoms with Gasteiger partial charge in [0.2, 0.25) is 0 Å². The molecule has 2 aliphatic rings. The summed E-state index contributed by atoms with van der Waals surface area (Å²) in [7, 11) is 0. The minimum Gasteiger partial charge on any atom is -0.490 e. The van der Waals surface area contributed by atoms with Crippen molar-refractivity contribution in [1.82, 2.24) is 10.2 Å².